The molecular formula is C10H14O3S2. The zero-order valence-electron chi connectivity index (χ0n) is 8.52. The Morgan fingerprint density at radius 1 is 1.60 bits per heavy atom. The molecule has 15 heavy (non-hydrogen) atoms. The molecule has 0 radical (unpaired) electrons. The van der Waals surface area contributed by atoms with E-state index in [1.807, 2.05) is 6.92 Å². The van der Waals surface area contributed by atoms with E-state index in [-0.39, 0.29) is 6.61 Å². The summed E-state index contributed by atoms with van der Waals surface area (Å²) in [5.41, 5.74) is 1.10. The molecule has 0 unspecified atom stereocenters. The van der Waals surface area contributed by atoms with Gasteiger partial charge in [0.25, 0.3) is 0 Å². The van der Waals surface area contributed by atoms with Crippen LogP contribution < -0.4 is 0 Å². The van der Waals surface area contributed by atoms with Crippen LogP contribution in [0.5, 0.6) is 0 Å². The van der Waals surface area contributed by atoms with Gasteiger partial charge in [-0.05, 0) is 30.7 Å². The lowest BCUT2D eigenvalue weighted by Crippen LogP contribution is -1.90. The standard InChI is InChI=1S/C10H14O3S2/c1-7-8(6-14-4-2-3-11)5-9(15-7)10(12)13/h5,11H,2-4,6H2,1H3,(H,12,13). The molecular weight excluding hydrogens is 232 g/mol. The molecule has 2 N–H and O–H groups in total. The molecule has 1 heterocycles. The second kappa shape index (κ2) is 6.15. The minimum atomic E-state index is -0.852. The van der Waals surface area contributed by atoms with Gasteiger partial charge in [-0.3, -0.25) is 0 Å². The smallest absolute Gasteiger partial charge is 0.345 e. The summed E-state index contributed by atoms with van der Waals surface area (Å²) >= 11 is 3.05. The number of rotatable bonds is 6. The number of hydrogen-bond acceptors (Lipinski definition) is 4. The third-order valence-corrected chi connectivity index (χ3v) is 4.11. The first kappa shape index (κ1) is 12.5. The Balaban J connectivity index is 2.50. The number of carboxylic acids is 1. The number of aromatic carboxylic acids is 1. The third kappa shape index (κ3) is 3.85. The van der Waals surface area contributed by atoms with Gasteiger partial charge in [-0.15, -0.1) is 11.3 Å². The Kier molecular flexibility index (Phi) is 5.14. The number of carboxylic acid groups (broad SMARTS) is 1. The van der Waals surface area contributed by atoms with Crippen LogP contribution in [0.2, 0.25) is 0 Å². The molecule has 1 aromatic rings. The highest BCUT2D eigenvalue weighted by Crippen LogP contribution is 2.25. The van der Waals surface area contributed by atoms with E-state index < -0.39 is 5.97 Å². The number of aliphatic hydroxyl groups excluding tert-OH is 1. The monoisotopic (exact) mass is 246 g/mol. The summed E-state index contributed by atoms with van der Waals surface area (Å²) in [5.74, 6) is 0.888. The zero-order valence-corrected chi connectivity index (χ0v) is 10.2. The lowest BCUT2D eigenvalue weighted by atomic mass is 10.3. The summed E-state index contributed by atoms with van der Waals surface area (Å²) in [6.07, 6.45) is 0.791. The van der Waals surface area contributed by atoms with E-state index in [1.54, 1.807) is 17.8 Å². The SMILES string of the molecule is Cc1sc(C(=O)O)cc1CSCCCO. The van der Waals surface area contributed by atoms with E-state index in [9.17, 15) is 4.79 Å². The molecule has 5 heteroatoms. The Morgan fingerprint density at radius 3 is 2.87 bits per heavy atom. The molecule has 0 aliphatic carbocycles. The third-order valence-electron chi connectivity index (χ3n) is 1.94. The lowest BCUT2D eigenvalue weighted by molar-refractivity contribution is 0.0702. The zero-order chi connectivity index (χ0) is 11.3. The number of aliphatic hydroxyl groups is 1. The fourth-order valence-corrected chi connectivity index (χ4v) is 3.09. The van der Waals surface area contributed by atoms with E-state index in [0.717, 1.165) is 28.4 Å². The normalized spacial score (nSPS) is 10.5. The minimum Gasteiger partial charge on any atom is -0.477 e. The minimum absolute atomic E-state index is 0.218. The first-order valence-electron chi connectivity index (χ1n) is 4.66. The second-order valence-electron chi connectivity index (χ2n) is 3.13. The van der Waals surface area contributed by atoms with Crippen LogP contribution in [0.15, 0.2) is 6.07 Å². The molecule has 0 amide bonds. The van der Waals surface area contributed by atoms with Crippen molar-refractivity contribution in [1.29, 1.82) is 0 Å². The van der Waals surface area contributed by atoms with Crippen molar-refractivity contribution in [3.63, 3.8) is 0 Å². The molecule has 0 bridgehead atoms. The Morgan fingerprint density at radius 2 is 2.33 bits per heavy atom. The molecule has 0 atom stereocenters. The van der Waals surface area contributed by atoms with Gasteiger partial charge in [0.15, 0.2) is 0 Å². The van der Waals surface area contributed by atoms with Gasteiger partial charge in [-0.1, -0.05) is 0 Å². The predicted molar refractivity (Wildman–Crippen MR) is 63.9 cm³/mol. The summed E-state index contributed by atoms with van der Waals surface area (Å²) < 4.78 is 0. The molecule has 0 fully saturated rings. The van der Waals surface area contributed by atoms with Crippen LogP contribution in [0.3, 0.4) is 0 Å². The van der Waals surface area contributed by atoms with Gasteiger partial charge in [0, 0.05) is 17.2 Å². The van der Waals surface area contributed by atoms with Crippen molar-refractivity contribution in [1.82, 2.24) is 0 Å². The highest BCUT2D eigenvalue weighted by atomic mass is 32.2. The van der Waals surface area contributed by atoms with Gasteiger partial charge in [-0.25, -0.2) is 4.79 Å². The van der Waals surface area contributed by atoms with E-state index >= 15 is 0 Å². The number of thioether (sulfide) groups is 1. The molecule has 1 aromatic heterocycles. The van der Waals surface area contributed by atoms with Crippen LogP contribution >= 0.6 is 23.1 Å². The van der Waals surface area contributed by atoms with Gasteiger partial charge in [0.05, 0.1) is 0 Å². The van der Waals surface area contributed by atoms with Gasteiger partial charge in [0.2, 0.25) is 0 Å². The van der Waals surface area contributed by atoms with Crippen LogP contribution in [-0.2, 0) is 5.75 Å². The topological polar surface area (TPSA) is 57.5 Å². The van der Waals surface area contributed by atoms with Crippen molar-refractivity contribution in [3.8, 4) is 0 Å². The molecule has 0 saturated heterocycles. The average Bonchev–Trinajstić information content (AvgIpc) is 2.55. The van der Waals surface area contributed by atoms with Crippen molar-refractivity contribution in [2.45, 2.75) is 19.1 Å². The first-order chi connectivity index (χ1) is 7.15. The molecule has 3 nitrogen and oxygen atoms in total. The summed E-state index contributed by atoms with van der Waals surface area (Å²) in [7, 11) is 0. The Hall–Kier alpha value is -0.520. The molecule has 0 saturated carbocycles. The number of carbonyl (C=O) groups is 1. The van der Waals surface area contributed by atoms with Crippen molar-refractivity contribution >= 4 is 29.1 Å². The number of hydrogen-bond donors (Lipinski definition) is 2. The van der Waals surface area contributed by atoms with Crippen molar-refractivity contribution in [2.75, 3.05) is 12.4 Å². The highest BCUT2D eigenvalue weighted by molar-refractivity contribution is 7.98. The van der Waals surface area contributed by atoms with Crippen molar-refractivity contribution in [3.05, 3.63) is 21.4 Å². The van der Waals surface area contributed by atoms with Crippen LogP contribution in [0.4, 0.5) is 0 Å². The highest BCUT2D eigenvalue weighted by Gasteiger charge is 2.10. The summed E-state index contributed by atoms with van der Waals surface area (Å²) in [4.78, 5) is 12.2. The van der Waals surface area contributed by atoms with Gasteiger partial charge in [-0.2, -0.15) is 11.8 Å². The van der Waals surface area contributed by atoms with Gasteiger partial charge in [0.1, 0.15) is 4.88 Å². The second-order valence-corrected chi connectivity index (χ2v) is 5.49. The summed E-state index contributed by atoms with van der Waals surface area (Å²) in [5, 5.41) is 17.4. The fourth-order valence-electron chi connectivity index (χ4n) is 1.12. The van der Waals surface area contributed by atoms with Gasteiger partial charge >= 0.3 is 5.97 Å². The van der Waals surface area contributed by atoms with Crippen LogP contribution in [0, 0.1) is 6.92 Å². The van der Waals surface area contributed by atoms with Gasteiger partial charge < -0.3 is 10.2 Å². The molecule has 0 aliphatic rings. The Bertz CT molecular complexity index is 333. The lowest BCUT2D eigenvalue weighted by Gasteiger charge is -1.98. The molecule has 0 aromatic carbocycles. The van der Waals surface area contributed by atoms with Crippen LogP contribution in [0.25, 0.3) is 0 Å². The van der Waals surface area contributed by atoms with Crippen molar-refractivity contribution < 1.29 is 15.0 Å². The Labute approximate surface area is 97.1 Å². The van der Waals surface area contributed by atoms with Crippen LogP contribution in [0.1, 0.15) is 26.5 Å². The largest absolute Gasteiger partial charge is 0.477 e. The first-order valence-corrected chi connectivity index (χ1v) is 6.63. The predicted octanol–water partition coefficient (Wildman–Crippen LogP) is 2.37. The van der Waals surface area contributed by atoms with E-state index in [1.165, 1.54) is 11.3 Å². The van der Waals surface area contributed by atoms with E-state index in [4.69, 9.17) is 10.2 Å². The molecule has 0 spiro atoms. The number of aryl methyl sites for hydroxylation is 1. The number of thiophene rings is 1. The quantitative estimate of drug-likeness (QED) is 0.757. The molecule has 0 aliphatic heterocycles. The van der Waals surface area contributed by atoms with E-state index in [2.05, 4.69) is 0 Å². The molecule has 84 valence electrons. The van der Waals surface area contributed by atoms with Crippen LogP contribution in [-0.4, -0.2) is 28.5 Å². The summed E-state index contributed by atoms with van der Waals surface area (Å²) in [6.45, 7) is 2.16. The maximum absolute atomic E-state index is 10.7. The van der Waals surface area contributed by atoms with Crippen molar-refractivity contribution in [2.24, 2.45) is 0 Å². The summed E-state index contributed by atoms with van der Waals surface area (Å²) in [6, 6.07) is 1.74. The van der Waals surface area contributed by atoms with E-state index in [0.29, 0.717) is 4.88 Å². The maximum Gasteiger partial charge on any atom is 0.345 e. The maximum atomic E-state index is 10.7. The molecule has 1 rings (SSSR count). The fraction of sp³-hybridized carbons (Fsp3) is 0.500. The average molecular weight is 246 g/mol.